The number of aromatic amines is 4. The molecule has 30 heteroatoms. The summed E-state index contributed by atoms with van der Waals surface area (Å²) in [7, 11) is 0. The number of aryl methyl sites for hydroxylation is 4. The van der Waals surface area contributed by atoms with Crippen LogP contribution in [0.4, 0.5) is 17.6 Å². The highest BCUT2D eigenvalue weighted by Gasteiger charge is 2.49. The van der Waals surface area contributed by atoms with E-state index in [4.69, 9.17) is 21.8 Å². The zero-order valence-corrected chi connectivity index (χ0v) is 65.7. The minimum Gasteiger partial charge on any atom is -0.481 e. The van der Waals surface area contributed by atoms with Crippen LogP contribution < -0.4 is 0 Å². The van der Waals surface area contributed by atoms with Gasteiger partial charge in [-0.15, -0.1) is 0 Å². The van der Waals surface area contributed by atoms with Crippen molar-refractivity contribution in [2.75, 3.05) is 0 Å². The number of aliphatic hydroxyl groups excluding tert-OH is 3. The van der Waals surface area contributed by atoms with Gasteiger partial charge in [-0.25, -0.2) is 22.4 Å². The van der Waals surface area contributed by atoms with Gasteiger partial charge in [-0.3, -0.25) is 39.6 Å². The number of benzene rings is 8. The number of carbonyl (C=O) groups is 5. The number of carbonyl (C=O) groups excluding carboxylic acids is 1. The van der Waals surface area contributed by atoms with Crippen LogP contribution in [0.25, 0.3) is 110 Å². The molecule has 1 aliphatic heterocycles. The summed E-state index contributed by atoms with van der Waals surface area (Å²) < 4.78 is 146. The van der Waals surface area contributed by atoms with Crippen LogP contribution in [-0.2, 0) is 59.1 Å². The number of nitrogens with one attached hydrogen (secondary N) is 4. The van der Waals surface area contributed by atoms with E-state index in [-0.39, 0.29) is 78.5 Å². The van der Waals surface area contributed by atoms with Crippen LogP contribution in [0.1, 0.15) is 162 Å². The van der Waals surface area contributed by atoms with Crippen LogP contribution in [-0.4, -0.2) is 155 Å². The fourth-order valence-corrected chi connectivity index (χ4v) is 15.7. The number of fused-ring (bicyclic) bond motifs is 8. The quantitative estimate of drug-likeness (QED) is 0.0222. The summed E-state index contributed by atoms with van der Waals surface area (Å²) in [6.45, 7) is 15.5. The van der Waals surface area contributed by atoms with Crippen LogP contribution in [0.5, 0.6) is 0 Å². The van der Waals surface area contributed by atoms with Crippen molar-refractivity contribution in [3.05, 3.63) is 239 Å². The van der Waals surface area contributed by atoms with E-state index in [1.54, 1.807) is 96.0 Å². The standard InChI is InChI=1S/C27H28FN3O8.3C21H20FN3O2/c1-12(2)21-16(7-8-20(32)38-27-24(35)22(33)23(34)25(39-27)26(36)37)17-10-18-13(11-29-30-18)9-19(17)31(21)15-5-3-14(28)4-6-15;3*1-12(2)21-16(7-8-20(26)27)17-10-18-13(11-23-24-18)9-19(17)25(21)15-5-3-14(22)4-6-15/h3-6,9-12,22-25,27,33-35H,7-8H2,1-2H3,(H,29,30)(H,36,37);3*3-6,9-12H,7-8H2,1-2H3,(H,23,24)(H,26,27)/t22-,23-,24+,25?,27?;;;/m1.../s1/i;8D2,11D;7D2,8D2;8D2. The van der Waals surface area contributed by atoms with Gasteiger partial charge in [0.1, 0.15) is 41.6 Å². The summed E-state index contributed by atoms with van der Waals surface area (Å²) in [6, 6.07) is 38.5. The number of carboxylic acids is 4. The average molecular weight is 1650 g/mol. The number of esters is 1. The lowest BCUT2D eigenvalue weighted by Gasteiger charge is -2.37. The highest BCUT2D eigenvalue weighted by atomic mass is 19.1. The molecular weight excluding hydrogens is 1550 g/mol. The molecule has 26 nitrogen and oxygen atoms in total. The van der Waals surface area contributed by atoms with E-state index in [0.29, 0.717) is 66.4 Å². The van der Waals surface area contributed by atoms with Gasteiger partial charge in [0.05, 0.1) is 70.3 Å². The monoisotopic (exact) mass is 1650 g/mol. The fourth-order valence-electron chi connectivity index (χ4n) is 15.7. The Labute approximate surface area is 694 Å². The summed E-state index contributed by atoms with van der Waals surface area (Å²) in [4.78, 5) is 58.8. The molecule has 2 unspecified atom stereocenters. The molecule has 0 amide bonds. The molecule has 5 atom stereocenters. The molecule has 620 valence electrons. The zero-order valence-electron chi connectivity index (χ0n) is 74.7. The van der Waals surface area contributed by atoms with E-state index in [1.165, 1.54) is 48.5 Å². The van der Waals surface area contributed by atoms with Crippen molar-refractivity contribution in [2.45, 2.75) is 161 Å². The van der Waals surface area contributed by atoms with E-state index < -0.39 is 91.9 Å². The molecule has 1 aliphatic rings. The Morgan fingerprint density at radius 2 is 0.733 bits per heavy atom. The second-order valence-electron chi connectivity index (χ2n) is 30.0. The predicted octanol–water partition coefficient (Wildman–Crippen LogP) is 16.5. The Morgan fingerprint density at radius 1 is 0.425 bits per heavy atom. The molecule has 0 spiro atoms. The molecule has 0 aliphatic carbocycles. The van der Waals surface area contributed by atoms with Gasteiger partial charge in [0.25, 0.3) is 0 Å². The number of hydrogen-bond acceptors (Lipinski definition) is 14. The Bertz CT molecular complexity index is 7000. The third kappa shape index (κ3) is 16.8. The van der Waals surface area contributed by atoms with Crippen LogP contribution in [0, 0.1) is 23.3 Å². The molecular formula is C90H88F4N12O14. The molecule has 16 aromatic rings. The Morgan fingerprint density at radius 3 is 1.07 bits per heavy atom. The van der Waals surface area contributed by atoms with Crippen molar-refractivity contribution in [1.82, 2.24) is 59.1 Å². The number of aliphatic hydroxyl groups is 3. The second kappa shape index (κ2) is 34.7. The lowest BCUT2D eigenvalue weighted by atomic mass is 9.98. The fraction of sp³-hybridized carbons (Fsp3) is 0.278. The first-order chi connectivity index (χ1) is 60.8. The van der Waals surface area contributed by atoms with E-state index in [0.717, 1.165) is 83.0 Å². The van der Waals surface area contributed by atoms with E-state index in [2.05, 4.69) is 40.8 Å². The highest BCUT2D eigenvalue weighted by molar-refractivity contribution is 6.03. The number of H-pyrrole nitrogens is 4. The van der Waals surface area contributed by atoms with Crippen molar-refractivity contribution < 1.29 is 99.1 Å². The minimum atomic E-state index is -3.19. The van der Waals surface area contributed by atoms with Crippen molar-refractivity contribution >= 4 is 117 Å². The molecule has 120 heavy (non-hydrogen) atoms. The third-order valence-electron chi connectivity index (χ3n) is 20.8. The number of aliphatic carboxylic acids is 4. The molecule has 11 N–H and O–H groups in total. The first-order valence-electron chi connectivity index (χ1n) is 42.7. The molecule has 17 rings (SSSR count). The van der Waals surface area contributed by atoms with Crippen molar-refractivity contribution in [2.24, 2.45) is 0 Å². The maximum absolute atomic E-state index is 13.7. The summed E-state index contributed by atoms with van der Waals surface area (Å²) >= 11 is 0. The van der Waals surface area contributed by atoms with E-state index in [9.17, 15) is 77.3 Å². The van der Waals surface area contributed by atoms with Crippen LogP contribution in [0.3, 0.4) is 0 Å². The molecule has 0 radical (unpaired) electrons. The lowest BCUT2D eigenvalue weighted by Crippen LogP contribution is -2.60. The second-order valence-corrected chi connectivity index (χ2v) is 30.0. The SMILES string of the molecule is CC(C)c1c(CCC(=O)OC2OC(C(=O)O)[C@H](O)[C@@H](O)[C@@H]2O)c2cc3[nH]ncc3cc2n1-c1ccc(F)cc1.[2H]C([2H])(C(=O)O)C([2H])([2H])c1c(C(C)C)n(-c2ccc(F)cc2)c2cc3cn[nH]c3cc12.[2H]C([2H])(Cc1c(C(C)C)n(-c2ccc(F)cc2)c2cc3cn[nH]c3cc12)C(=O)O.[2H]c1n[nH]c2cc3c(CC([2H])([2H])C(=O)O)c(C(C)C)n(-c4ccc(F)cc4)c3cc12. The van der Waals surface area contributed by atoms with Crippen molar-refractivity contribution in [3.8, 4) is 22.7 Å². The van der Waals surface area contributed by atoms with Gasteiger partial charge in [0.2, 0.25) is 6.29 Å². The van der Waals surface area contributed by atoms with E-state index in [1.807, 2.05) is 93.4 Å². The van der Waals surface area contributed by atoms with Crippen LogP contribution in [0.2, 0.25) is 0 Å². The number of aromatic nitrogens is 12. The minimum absolute atomic E-state index is 0.00130. The smallest absolute Gasteiger partial charge is 0.335 e. The summed E-state index contributed by atoms with van der Waals surface area (Å²) in [5.41, 5.74) is 13.2. The Hall–Kier alpha value is -13.3. The zero-order chi connectivity index (χ0) is 93.4. The number of ether oxygens (including phenoxy) is 2. The lowest BCUT2D eigenvalue weighted by molar-refractivity contribution is -0.286. The number of carboxylic acid groups (broad SMARTS) is 4. The number of hydrogen-bond donors (Lipinski definition) is 11. The third-order valence-corrected chi connectivity index (χ3v) is 20.8. The largest absolute Gasteiger partial charge is 0.481 e. The number of halogens is 4. The van der Waals surface area contributed by atoms with Gasteiger partial charge in [-0.05, 0) is 217 Å². The highest BCUT2D eigenvalue weighted by Crippen LogP contribution is 2.43. The van der Waals surface area contributed by atoms with Crippen LogP contribution in [0.15, 0.2) is 170 Å². The number of nitrogens with zero attached hydrogens (tertiary/aromatic N) is 8. The summed E-state index contributed by atoms with van der Waals surface area (Å²) in [5.74, 6) is -9.22. The average Bonchev–Trinajstić information content (AvgIpc) is 1.58. The molecule has 8 aromatic carbocycles. The van der Waals surface area contributed by atoms with Gasteiger partial charge in [-0.1, -0.05) is 55.4 Å². The molecule has 1 saturated heterocycles. The normalized spacial score (nSPS) is 17.1. The van der Waals surface area contributed by atoms with E-state index >= 15 is 0 Å². The first kappa shape index (κ1) is 72.0. The van der Waals surface area contributed by atoms with Crippen LogP contribution >= 0.6 is 0 Å². The van der Waals surface area contributed by atoms with Gasteiger partial charge < -0.3 is 63.5 Å². The Kier molecular flexibility index (Phi) is 20.8. The summed E-state index contributed by atoms with van der Waals surface area (Å²) in [6.07, 6.45) is -15.7. The van der Waals surface area contributed by atoms with Gasteiger partial charge in [-0.2, -0.15) is 20.4 Å². The topological polar surface area (TPSA) is 380 Å². The van der Waals surface area contributed by atoms with Crippen molar-refractivity contribution in [3.63, 3.8) is 0 Å². The first-order valence-corrected chi connectivity index (χ1v) is 38.2. The van der Waals surface area contributed by atoms with Gasteiger partial charge >= 0.3 is 29.8 Å². The summed E-state index contributed by atoms with van der Waals surface area (Å²) in [5, 5.41) is 101. The van der Waals surface area contributed by atoms with Gasteiger partial charge in [0, 0.05) is 125 Å². The molecule has 1 fully saturated rings. The molecule has 0 saturated carbocycles. The predicted molar refractivity (Wildman–Crippen MR) is 444 cm³/mol. The maximum Gasteiger partial charge on any atom is 0.335 e. The van der Waals surface area contributed by atoms with Crippen molar-refractivity contribution in [1.29, 1.82) is 0 Å². The molecule has 8 aromatic heterocycles. The Balaban J connectivity index is 0.000000140. The molecule has 9 heterocycles. The maximum atomic E-state index is 13.7. The molecule has 0 bridgehead atoms. The van der Waals surface area contributed by atoms with Gasteiger partial charge in [0.15, 0.2) is 6.10 Å². The number of rotatable bonds is 22.